The van der Waals surface area contributed by atoms with Gasteiger partial charge in [0, 0.05) is 39.6 Å². The van der Waals surface area contributed by atoms with Crippen molar-refractivity contribution in [1.82, 2.24) is 4.90 Å². The van der Waals surface area contributed by atoms with Crippen LogP contribution in [0.1, 0.15) is 83.1 Å². The first-order valence-corrected chi connectivity index (χ1v) is 11.7. The SMILES string of the molecule is CCCCCCCCC[C@H]1C[C@H](CCC(OC)OC)N(Cc2ccccc2)C(=O)O1. The summed E-state index contributed by atoms with van der Waals surface area (Å²) in [4.78, 5) is 14.7. The highest BCUT2D eigenvalue weighted by molar-refractivity contribution is 5.69. The summed E-state index contributed by atoms with van der Waals surface area (Å²) in [6.07, 6.45) is 12.0. The second-order valence-corrected chi connectivity index (χ2v) is 8.40. The number of methoxy groups -OCH3 is 2. The molecule has 30 heavy (non-hydrogen) atoms. The van der Waals surface area contributed by atoms with Gasteiger partial charge in [-0.3, -0.25) is 0 Å². The third kappa shape index (κ3) is 8.65. The molecular formula is C25H41NO4. The van der Waals surface area contributed by atoms with Gasteiger partial charge in [0.05, 0.1) is 0 Å². The standard InChI is InChI=1S/C25H41NO4/c1-4-5-6-7-8-9-13-16-23-19-22(17-18-24(28-2)29-3)26(25(27)30-23)20-21-14-11-10-12-15-21/h10-12,14-15,22-24H,4-9,13,16-20H2,1-3H3/t22-,23-/m0/s1. The first-order chi connectivity index (χ1) is 14.7. The summed E-state index contributed by atoms with van der Waals surface area (Å²) in [6, 6.07) is 10.3. The summed E-state index contributed by atoms with van der Waals surface area (Å²) in [6.45, 7) is 2.83. The van der Waals surface area contributed by atoms with Crippen LogP contribution in [-0.2, 0) is 20.8 Å². The lowest BCUT2D eigenvalue weighted by molar-refractivity contribution is -0.111. The molecule has 1 amide bonds. The van der Waals surface area contributed by atoms with E-state index in [1.165, 1.54) is 38.5 Å². The molecule has 1 aliphatic heterocycles. The number of hydrogen-bond acceptors (Lipinski definition) is 4. The van der Waals surface area contributed by atoms with Crippen LogP contribution in [0, 0.1) is 0 Å². The van der Waals surface area contributed by atoms with Gasteiger partial charge in [-0.2, -0.15) is 0 Å². The minimum Gasteiger partial charge on any atom is -0.446 e. The van der Waals surface area contributed by atoms with Crippen molar-refractivity contribution in [2.24, 2.45) is 0 Å². The van der Waals surface area contributed by atoms with Crippen molar-refractivity contribution in [3.63, 3.8) is 0 Å². The van der Waals surface area contributed by atoms with Gasteiger partial charge >= 0.3 is 6.09 Å². The van der Waals surface area contributed by atoms with Crippen molar-refractivity contribution >= 4 is 6.09 Å². The molecule has 0 N–H and O–H groups in total. The van der Waals surface area contributed by atoms with Crippen molar-refractivity contribution in [2.75, 3.05) is 14.2 Å². The highest BCUT2D eigenvalue weighted by Crippen LogP contribution is 2.28. The molecule has 5 nitrogen and oxygen atoms in total. The van der Waals surface area contributed by atoms with Crippen LogP contribution in [0.15, 0.2) is 30.3 Å². The zero-order chi connectivity index (χ0) is 21.6. The summed E-state index contributed by atoms with van der Waals surface area (Å²) in [7, 11) is 3.32. The molecule has 0 aromatic heterocycles. The minimum absolute atomic E-state index is 0.0219. The Morgan fingerprint density at radius 2 is 1.67 bits per heavy atom. The average molecular weight is 420 g/mol. The lowest BCUT2D eigenvalue weighted by atomic mass is 9.96. The fourth-order valence-corrected chi connectivity index (χ4v) is 4.25. The number of rotatable bonds is 15. The highest BCUT2D eigenvalue weighted by atomic mass is 16.7. The third-order valence-corrected chi connectivity index (χ3v) is 6.06. The predicted molar refractivity (Wildman–Crippen MR) is 120 cm³/mol. The van der Waals surface area contributed by atoms with Crippen molar-refractivity contribution in [3.05, 3.63) is 35.9 Å². The number of nitrogens with zero attached hydrogens (tertiary/aromatic N) is 1. The van der Waals surface area contributed by atoms with E-state index in [4.69, 9.17) is 14.2 Å². The quantitative estimate of drug-likeness (QED) is 0.247. The second kappa shape index (κ2) is 14.4. The van der Waals surface area contributed by atoms with Crippen LogP contribution < -0.4 is 0 Å². The van der Waals surface area contributed by atoms with Crippen LogP contribution in [0.5, 0.6) is 0 Å². The van der Waals surface area contributed by atoms with E-state index in [0.717, 1.165) is 37.7 Å². The Balaban J connectivity index is 1.88. The summed E-state index contributed by atoms with van der Waals surface area (Å²) in [5.74, 6) is 0. The Morgan fingerprint density at radius 1 is 1.00 bits per heavy atom. The van der Waals surface area contributed by atoms with Crippen LogP contribution in [-0.4, -0.2) is 43.6 Å². The maximum absolute atomic E-state index is 12.9. The van der Waals surface area contributed by atoms with Gasteiger partial charge in [0.2, 0.25) is 0 Å². The maximum Gasteiger partial charge on any atom is 0.410 e. The number of hydrogen-bond donors (Lipinski definition) is 0. The van der Waals surface area contributed by atoms with Gasteiger partial charge in [-0.25, -0.2) is 4.79 Å². The number of benzene rings is 1. The van der Waals surface area contributed by atoms with Gasteiger partial charge in [-0.15, -0.1) is 0 Å². The van der Waals surface area contributed by atoms with Crippen molar-refractivity contribution in [3.8, 4) is 0 Å². The van der Waals surface area contributed by atoms with E-state index >= 15 is 0 Å². The first kappa shape index (κ1) is 24.7. The van der Waals surface area contributed by atoms with E-state index in [1.54, 1.807) is 14.2 Å². The normalized spacial score (nSPS) is 19.3. The molecule has 1 aromatic carbocycles. The summed E-state index contributed by atoms with van der Waals surface area (Å²) in [5.41, 5.74) is 1.13. The van der Waals surface area contributed by atoms with E-state index in [-0.39, 0.29) is 24.5 Å². The Kier molecular flexibility index (Phi) is 11.9. The molecule has 0 aliphatic carbocycles. The fourth-order valence-electron chi connectivity index (χ4n) is 4.25. The Labute approximate surface area is 183 Å². The maximum atomic E-state index is 12.9. The van der Waals surface area contributed by atoms with Gasteiger partial charge in [-0.1, -0.05) is 75.8 Å². The van der Waals surface area contributed by atoms with E-state index in [2.05, 4.69) is 19.1 Å². The Hall–Kier alpha value is -1.59. The summed E-state index contributed by atoms with van der Waals surface area (Å²) < 4.78 is 16.6. The van der Waals surface area contributed by atoms with Gasteiger partial charge in [0.25, 0.3) is 0 Å². The van der Waals surface area contributed by atoms with Crippen LogP contribution in [0.2, 0.25) is 0 Å². The van der Waals surface area contributed by atoms with Gasteiger partial charge in [0.15, 0.2) is 6.29 Å². The number of carbonyl (C=O) groups is 1. The molecule has 1 heterocycles. The number of unbranched alkanes of at least 4 members (excludes halogenated alkanes) is 6. The third-order valence-electron chi connectivity index (χ3n) is 6.06. The predicted octanol–water partition coefficient (Wildman–Crippen LogP) is 6.31. The zero-order valence-corrected chi connectivity index (χ0v) is 19.2. The molecule has 0 radical (unpaired) electrons. The number of carbonyl (C=O) groups excluding carboxylic acids is 1. The summed E-state index contributed by atoms with van der Waals surface area (Å²) in [5, 5.41) is 0. The number of ether oxygens (including phenoxy) is 3. The molecule has 5 heteroatoms. The van der Waals surface area contributed by atoms with E-state index in [0.29, 0.717) is 6.54 Å². The van der Waals surface area contributed by atoms with Crippen molar-refractivity contribution < 1.29 is 19.0 Å². The van der Waals surface area contributed by atoms with Crippen molar-refractivity contribution in [1.29, 1.82) is 0 Å². The lowest BCUT2D eigenvalue weighted by Crippen LogP contribution is -2.48. The smallest absolute Gasteiger partial charge is 0.410 e. The molecule has 1 aliphatic rings. The zero-order valence-electron chi connectivity index (χ0n) is 19.2. The lowest BCUT2D eigenvalue weighted by Gasteiger charge is -2.39. The molecule has 0 bridgehead atoms. The van der Waals surface area contributed by atoms with Crippen LogP contribution in [0.4, 0.5) is 4.79 Å². The molecule has 0 unspecified atom stereocenters. The highest BCUT2D eigenvalue weighted by Gasteiger charge is 2.35. The molecule has 1 aromatic rings. The monoisotopic (exact) mass is 419 g/mol. The van der Waals surface area contributed by atoms with E-state index in [1.807, 2.05) is 23.1 Å². The minimum atomic E-state index is -0.233. The van der Waals surface area contributed by atoms with Gasteiger partial charge in [-0.05, 0) is 24.8 Å². The molecule has 1 fully saturated rings. The molecule has 170 valence electrons. The molecular weight excluding hydrogens is 378 g/mol. The van der Waals surface area contributed by atoms with Crippen LogP contribution in [0.25, 0.3) is 0 Å². The molecule has 1 saturated heterocycles. The molecule has 0 spiro atoms. The fraction of sp³-hybridized carbons (Fsp3) is 0.720. The van der Waals surface area contributed by atoms with Crippen LogP contribution in [0.3, 0.4) is 0 Å². The molecule has 0 saturated carbocycles. The second-order valence-electron chi connectivity index (χ2n) is 8.40. The van der Waals surface area contributed by atoms with Crippen molar-refractivity contribution in [2.45, 2.75) is 103 Å². The van der Waals surface area contributed by atoms with Crippen LogP contribution >= 0.6 is 0 Å². The largest absolute Gasteiger partial charge is 0.446 e. The molecule has 2 rings (SSSR count). The van der Waals surface area contributed by atoms with Gasteiger partial charge < -0.3 is 19.1 Å². The first-order valence-electron chi connectivity index (χ1n) is 11.7. The van der Waals surface area contributed by atoms with E-state index < -0.39 is 0 Å². The Bertz CT molecular complexity index is 576. The summed E-state index contributed by atoms with van der Waals surface area (Å²) >= 11 is 0. The topological polar surface area (TPSA) is 48.0 Å². The number of amides is 1. The molecule has 2 atom stereocenters. The van der Waals surface area contributed by atoms with E-state index in [9.17, 15) is 4.79 Å². The Morgan fingerprint density at radius 3 is 2.33 bits per heavy atom. The average Bonchev–Trinajstić information content (AvgIpc) is 2.76. The number of cyclic esters (lactones) is 1. The van der Waals surface area contributed by atoms with Gasteiger partial charge in [0.1, 0.15) is 6.10 Å².